The van der Waals surface area contributed by atoms with Crippen LogP contribution in [0.2, 0.25) is 0 Å². The molecule has 0 aliphatic carbocycles. The average Bonchev–Trinajstić information content (AvgIpc) is 3.83. The van der Waals surface area contributed by atoms with Crippen LogP contribution in [0.5, 0.6) is 0 Å². The zero-order valence-corrected chi connectivity index (χ0v) is 28.7. The van der Waals surface area contributed by atoms with Crippen molar-refractivity contribution >= 4 is 34.2 Å². The van der Waals surface area contributed by atoms with Gasteiger partial charge in [-0.05, 0) is 114 Å². The number of amides is 3. The molecule has 2 aromatic heterocycles. The van der Waals surface area contributed by atoms with Crippen molar-refractivity contribution in [2.45, 2.75) is 90.4 Å². The van der Waals surface area contributed by atoms with E-state index in [2.05, 4.69) is 63.8 Å². The Balaban J connectivity index is 1.08. The van der Waals surface area contributed by atoms with Crippen LogP contribution in [0.25, 0.3) is 44.3 Å². The number of hydrogen-bond donors (Lipinski definition) is 3. The van der Waals surface area contributed by atoms with Crippen molar-refractivity contribution in [3.05, 3.63) is 72.3 Å². The van der Waals surface area contributed by atoms with Gasteiger partial charge in [-0.1, -0.05) is 36.4 Å². The second kappa shape index (κ2) is 12.0. The molecular formula is C38H45N7O3. The SMILES string of the molecule is CC(C)(C)NC(=O)N1CCCC1c1nc2ccc(-c3ccc(-c4ccc5nc(C6CCCN6C(=O)OC(C)(C)C)[nH]c5c4)cc3)cc2[nH]1. The number of H-pyrrole nitrogens is 2. The Morgan fingerprint density at radius 2 is 1.17 bits per heavy atom. The first-order chi connectivity index (χ1) is 22.8. The smallest absolute Gasteiger partial charge is 0.410 e. The lowest BCUT2D eigenvalue weighted by Crippen LogP contribution is -2.48. The maximum absolute atomic E-state index is 13.0. The fourth-order valence-corrected chi connectivity index (χ4v) is 6.87. The maximum atomic E-state index is 13.0. The molecule has 0 spiro atoms. The summed E-state index contributed by atoms with van der Waals surface area (Å²) in [6.45, 7) is 13.1. The number of nitrogens with zero attached hydrogens (tertiary/aromatic N) is 4. The molecule has 3 N–H and O–H groups in total. The van der Waals surface area contributed by atoms with Crippen LogP contribution < -0.4 is 5.32 Å². The number of likely N-dealkylation sites (tertiary alicyclic amines) is 2. The molecule has 2 atom stereocenters. The molecule has 4 heterocycles. The molecule has 0 saturated carbocycles. The first-order valence-electron chi connectivity index (χ1n) is 17.0. The van der Waals surface area contributed by atoms with Gasteiger partial charge < -0.3 is 24.9 Å². The number of aromatic nitrogens is 4. The highest BCUT2D eigenvalue weighted by Gasteiger charge is 2.35. The van der Waals surface area contributed by atoms with E-state index in [0.29, 0.717) is 6.54 Å². The lowest BCUT2D eigenvalue weighted by Gasteiger charge is -2.28. The van der Waals surface area contributed by atoms with Crippen molar-refractivity contribution in [3.63, 3.8) is 0 Å². The second-order valence-corrected chi connectivity index (χ2v) is 15.1. The van der Waals surface area contributed by atoms with Gasteiger partial charge in [-0.25, -0.2) is 19.6 Å². The van der Waals surface area contributed by atoms with Gasteiger partial charge in [0, 0.05) is 18.6 Å². The van der Waals surface area contributed by atoms with Crippen LogP contribution in [-0.2, 0) is 4.74 Å². The molecule has 7 rings (SSSR count). The molecule has 10 nitrogen and oxygen atoms in total. The van der Waals surface area contributed by atoms with Gasteiger partial charge in [-0.2, -0.15) is 0 Å². The molecule has 3 amide bonds. The molecular weight excluding hydrogens is 602 g/mol. The molecule has 2 aliphatic heterocycles. The number of aromatic amines is 2. The van der Waals surface area contributed by atoms with Crippen LogP contribution in [0.15, 0.2) is 60.7 Å². The van der Waals surface area contributed by atoms with Crippen molar-refractivity contribution in [2.75, 3.05) is 13.1 Å². The molecule has 2 unspecified atom stereocenters. The number of urea groups is 1. The topological polar surface area (TPSA) is 119 Å². The minimum atomic E-state index is -0.540. The summed E-state index contributed by atoms with van der Waals surface area (Å²) in [7, 11) is 0. The largest absolute Gasteiger partial charge is 0.444 e. The van der Waals surface area contributed by atoms with Crippen molar-refractivity contribution in [3.8, 4) is 22.3 Å². The Labute approximate surface area is 281 Å². The number of imidazole rings is 2. The van der Waals surface area contributed by atoms with Gasteiger partial charge in [-0.15, -0.1) is 0 Å². The predicted molar refractivity (Wildman–Crippen MR) is 188 cm³/mol. The number of nitrogens with one attached hydrogen (secondary N) is 3. The average molecular weight is 648 g/mol. The highest BCUT2D eigenvalue weighted by Crippen LogP contribution is 2.35. The number of hydrogen-bond acceptors (Lipinski definition) is 5. The molecule has 10 heteroatoms. The number of fused-ring (bicyclic) bond motifs is 2. The van der Waals surface area contributed by atoms with Crippen molar-refractivity contribution in [1.82, 2.24) is 35.1 Å². The summed E-state index contributed by atoms with van der Waals surface area (Å²) in [6.07, 6.45) is 3.33. The summed E-state index contributed by atoms with van der Waals surface area (Å²) in [5, 5.41) is 3.10. The summed E-state index contributed by atoms with van der Waals surface area (Å²) in [5.41, 5.74) is 7.24. The van der Waals surface area contributed by atoms with Gasteiger partial charge in [-0.3, -0.25) is 4.90 Å². The van der Waals surface area contributed by atoms with E-state index in [1.807, 2.05) is 58.6 Å². The Kier molecular flexibility index (Phi) is 7.92. The van der Waals surface area contributed by atoms with Crippen molar-refractivity contribution < 1.29 is 14.3 Å². The van der Waals surface area contributed by atoms with Crippen LogP contribution in [-0.4, -0.2) is 66.1 Å². The van der Waals surface area contributed by atoms with E-state index in [9.17, 15) is 9.59 Å². The van der Waals surface area contributed by atoms with E-state index >= 15 is 0 Å². The summed E-state index contributed by atoms with van der Waals surface area (Å²) < 4.78 is 5.66. The zero-order valence-electron chi connectivity index (χ0n) is 28.7. The highest BCUT2D eigenvalue weighted by molar-refractivity contribution is 5.85. The monoisotopic (exact) mass is 647 g/mol. The quantitative estimate of drug-likeness (QED) is 0.181. The molecule has 2 aliphatic rings. The molecule has 2 saturated heterocycles. The van der Waals surface area contributed by atoms with Crippen LogP contribution >= 0.6 is 0 Å². The van der Waals surface area contributed by atoms with E-state index in [1.54, 1.807) is 4.90 Å². The molecule has 250 valence electrons. The standard InChI is InChI=1S/C38H45N7O3/c1-37(2,3)43-35(46)44-19-7-9-31(44)33-39-27-17-15-25(21-29(27)41-33)23-11-13-24(14-12-23)26-16-18-28-30(22-26)42-34(40-28)32-10-8-20-45(32)36(47)48-38(4,5)6/h11-18,21-22,31-32H,7-10,19-20H2,1-6H3,(H,39,41)(H,40,42)(H,43,46). The minimum absolute atomic E-state index is 0.0444. The summed E-state index contributed by atoms with van der Waals surface area (Å²) in [4.78, 5) is 46.3. The van der Waals surface area contributed by atoms with Gasteiger partial charge in [0.25, 0.3) is 0 Å². The van der Waals surface area contributed by atoms with Crippen LogP contribution in [0.4, 0.5) is 9.59 Å². The van der Waals surface area contributed by atoms with Gasteiger partial charge >= 0.3 is 12.1 Å². The number of ether oxygens (including phenoxy) is 1. The number of carbonyl (C=O) groups excluding carboxylic acids is 2. The Bertz CT molecular complexity index is 1840. The fourth-order valence-electron chi connectivity index (χ4n) is 6.87. The highest BCUT2D eigenvalue weighted by atomic mass is 16.6. The molecule has 0 radical (unpaired) electrons. The van der Waals surface area contributed by atoms with Crippen LogP contribution in [0.3, 0.4) is 0 Å². The summed E-state index contributed by atoms with van der Waals surface area (Å²) >= 11 is 0. The van der Waals surface area contributed by atoms with E-state index in [1.165, 1.54) is 0 Å². The summed E-state index contributed by atoms with van der Waals surface area (Å²) in [5.74, 6) is 1.63. The van der Waals surface area contributed by atoms with Gasteiger partial charge in [0.15, 0.2) is 0 Å². The second-order valence-electron chi connectivity index (χ2n) is 15.1. The Morgan fingerprint density at radius 3 is 1.65 bits per heavy atom. The fraction of sp³-hybridized carbons (Fsp3) is 0.421. The van der Waals surface area contributed by atoms with E-state index in [4.69, 9.17) is 14.7 Å². The van der Waals surface area contributed by atoms with Gasteiger partial charge in [0.1, 0.15) is 17.2 Å². The number of benzene rings is 3. The molecule has 2 fully saturated rings. The number of rotatable bonds is 4. The van der Waals surface area contributed by atoms with Crippen LogP contribution in [0, 0.1) is 0 Å². The summed E-state index contributed by atoms with van der Waals surface area (Å²) in [6, 6.07) is 20.9. The molecule has 48 heavy (non-hydrogen) atoms. The van der Waals surface area contributed by atoms with Crippen molar-refractivity contribution in [2.24, 2.45) is 0 Å². The van der Waals surface area contributed by atoms with E-state index in [-0.39, 0.29) is 29.7 Å². The lowest BCUT2D eigenvalue weighted by molar-refractivity contribution is 0.0219. The maximum Gasteiger partial charge on any atom is 0.410 e. The first kappa shape index (κ1) is 31.7. The third-order valence-electron chi connectivity index (χ3n) is 9.06. The lowest BCUT2D eigenvalue weighted by atomic mass is 10.00. The zero-order chi connectivity index (χ0) is 33.8. The Hall–Kier alpha value is -4.86. The third-order valence-corrected chi connectivity index (χ3v) is 9.06. The van der Waals surface area contributed by atoms with E-state index < -0.39 is 5.60 Å². The minimum Gasteiger partial charge on any atom is -0.444 e. The first-order valence-corrected chi connectivity index (χ1v) is 17.0. The number of carbonyl (C=O) groups is 2. The Morgan fingerprint density at radius 1 is 0.708 bits per heavy atom. The molecule has 0 bridgehead atoms. The van der Waals surface area contributed by atoms with E-state index in [0.717, 1.165) is 88.2 Å². The van der Waals surface area contributed by atoms with Gasteiger partial charge in [0.2, 0.25) is 0 Å². The third kappa shape index (κ3) is 6.48. The predicted octanol–water partition coefficient (Wildman–Crippen LogP) is 8.49. The normalized spacial score (nSPS) is 18.6. The van der Waals surface area contributed by atoms with Crippen molar-refractivity contribution in [1.29, 1.82) is 0 Å². The molecule has 5 aromatic rings. The molecule has 3 aromatic carbocycles. The van der Waals surface area contributed by atoms with Gasteiger partial charge in [0.05, 0.1) is 34.2 Å². The van der Waals surface area contributed by atoms with Crippen LogP contribution in [0.1, 0.15) is 91.0 Å².